The molecule has 1 aromatic carbocycles. The Kier molecular flexibility index (Phi) is 1.90. The zero-order valence-electron chi connectivity index (χ0n) is 11.0. The Morgan fingerprint density at radius 3 is 2.50 bits per heavy atom. The minimum absolute atomic E-state index is 0.108. The molecule has 2 aromatic rings. The predicted molar refractivity (Wildman–Crippen MR) is 71.3 cm³/mol. The summed E-state index contributed by atoms with van der Waals surface area (Å²) in [5.74, 6) is -0.222. The predicted octanol–water partition coefficient (Wildman–Crippen LogP) is 2.38. The maximum absolute atomic E-state index is 13.0. The van der Waals surface area contributed by atoms with Crippen molar-refractivity contribution in [1.29, 1.82) is 0 Å². The molecule has 0 N–H and O–H groups in total. The number of nitrogens with zero attached hydrogens (tertiary/aromatic N) is 4. The van der Waals surface area contributed by atoms with Crippen LogP contribution in [0.15, 0.2) is 30.5 Å². The highest BCUT2D eigenvalue weighted by Gasteiger charge is 2.67. The number of hydrogen-bond donors (Lipinski definition) is 0. The second kappa shape index (κ2) is 3.47. The molecule has 0 spiro atoms. The van der Waals surface area contributed by atoms with E-state index >= 15 is 0 Å². The lowest BCUT2D eigenvalue weighted by Gasteiger charge is -2.65. The molecule has 3 fully saturated rings. The lowest BCUT2D eigenvalue weighted by molar-refractivity contribution is -0.225. The first-order valence-electron chi connectivity index (χ1n) is 7.23. The molecule has 0 radical (unpaired) electrons. The summed E-state index contributed by atoms with van der Waals surface area (Å²) in [5.41, 5.74) is 1.85. The molecule has 4 heterocycles. The summed E-state index contributed by atoms with van der Waals surface area (Å²) < 4.78 is 15.0. The van der Waals surface area contributed by atoms with E-state index in [1.165, 1.54) is 37.8 Å². The van der Waals surface area contributed by atoms with Crippen LogP contribution in [0.2, 0.25) is 0 Å². The number of halogens is 1. The lowest BCUT2D eigenvalue weighted by atomic mass is 9.75. The summed E-state index contributed by atoms with van der Waals surface area (Å²) in [6.07, 6.45) is 7.10. The Bertz CT molecular complexity index is 663. The molecule has 3 aliphatic rings. The van der Waals surface area contributed by atoms with Crippen molar-refractivity contribution in [3.63, 3.8) is 0 Å². The summed E-state index contributed by atoms with van der Waals surface area (Å²) in [5, 5.41) is 8.61. The van der Waals surface area contributed by atoms with Crippen LogP contribution in [0.5, 0.6) is 0 Å². The van der Waals surface area contributed by atoms with Crippen LogP contribution in [0.1, 0.15) is 25.7 Å². The summed E-state index contributed by atoms with van der Waals surface area (Å²) in [6, 6.07) is 7.98. The first-order chi connectivity index (χ1) is 9.76. The highest BCUT2D eigenvalue weighted by molar-refractivity contribution is 5.57. The number of rotatable bonds is 2. The van der Waals surface area contributed by atoms with E-state index in [2.05, 4.69) is 15.2 Å². The quantitative estimate of drug-likeness (QED) is 0.840. The molecule has 20 heavy (non-hydrogen) atoms. The van der Waals surface area contributed by atoms with Crippen LogP contribution in [-0.4, -0.2) is 32.0 Å². The molecule has 0 aliphatic carbocycles. The molecule has 102 valence electrons. The van der Waals surface area contributed by atoms with Gasteiger partial charge in [0.1, 0.15) is 17.2 Å². The van der Waals surface area contributed by atoms with Gasteiger partial charge in [-0.3, -0.25) is 4.90 Å². The van der Waals surface area contributed by atoms with E-state index in [9.17, 15) is 4.39 Å². The van der Waals surface area contributed by atoms with Gasteiger partial charge in [0.25, 0.3) is 0 Å². The Hall–Kier alpha value is -1.75. The third-order valence-electron chi connectivity index (χ3n) is 5.29. The van der Waals surface area contributed by atoms with Gasteiger partial charge < -0.3 is 0 Å². The van der Waals surface area contributed by atoms with Gasteiger partial charge in [-0.15, -0.1) is 5.10 Å². The fourth-order valence-electron chi connectivity index (χ4n) is 4.39. The van der Waals surface area contributed by atoms with Crippen LogP contribution < -0.4 is 0 Å². The minimum Gasteiger partial charge on any atom is -0.273 e. The smallest absolute Gasteiger partial charge is 0.123 e. The molecular formula is C15H15FN4. The Morgan fingerprint density at radius 2 is 1.80 bits per heavy atom. The number of aromatic nitrogens is 3. The van der Waals surface area contributed by atoms with Gasteiger partial charge in [0.2, 0.25) is 0 Å². The Morgan fingerprint density at radius 1 is 1.10 bits per heavy atom. The van der Waals surface area contributed by atoms with Crippen LogP contribution in [0, 0.1) is 5.82 Å². The Balaban J connectivity index is 1.48. The molecule has 0 bridgehead atoms. The van der Waals surface area contributed by atoms with Crippen molar-refractivity contribution in [2.75, 3.05) is 0 Å². The van der Waals surface area contributed by atoms with E-state index < -0.39 is 0 Å². The SMILES string of the molecule is Fc1ccc(-c2cn(C34C[C@H]5CC[C@@H](C3)N54)nn2)cc1. The van der Waals surface area contributed by atoms with E-state index in [4.69, 9.17) is 0 Å². The van der Waals surface area contributed by atoms with Gasteiger partial charge >= 0.3 is 0 Å². The molecule has 3 atom stereocenters. The third-order valence-corrected chi connectivity index (χ3v) is 5.29. The molecule has 3 saturated heterocycles. The van der Waals surface area contributed by atoms with Crippen molar-refractivity contribution in [3.05, 3.63) is 36.3 Å². The van der Waals surface area contributed by atoms with Crippen molar-refractivity contribution in [1.82, 2.24) is 19.9 Å². The third kappa shape index (κ3) is 1.19. The average molecular weight is 270 g/mol. The highest BCUT2D eigenvalue weighted by atomic mass is 19.1. The average Bonchev–Trinajstić information content (AvgIpc) is 2.93. The molecule has 0 saturated carbocycles. The number of benzene rings is 1. The molecule has 1 aromatic heterocycles. The monoisotopic (exact) mass is 270 g/mol. The van der Waals surface area contributed by atoms with E-state index in [-0.39, 0.29) is 11.5 Å². The molecular weight excluding hydrogens is 255 g/mol. The zero-order valence-corrected chi connectivity index (χ0v) is 11.0. The molecule has 4 nitrogen and oxygen atoms in total. The minimum atomic E-state index is -0.222. The van der Waals surface area contributed by atoms with Crippen LogP contribution in [0.25, 0.3) is 11.3 Å². The molecule has 0 amide bonds. The number of hydrogen-bond acceptors (Lipinski definition) is 3. The second-order valence-electron chi connectivity index (χ2n) is 6.24. The lowest BCUT2D eigenvalue weighted by Crippen LogP contribution is -2.75. The van der Waals surface area contributed by atoms with E-state index in [0.29, 0.717) is 0 Å². The van der Waals surface area contributed by atoms with Gasteiger partial charge in [0.15, 0.2) is 0 Å². The van der Waals surface area contributed by atoms with E-state index in [0.717, 1.165) is 23.3 Å². The zero-order chi connectivity index (χ0) is 13.3. The summed E-state index contributed by atoms with van der Waals surface area (Å²) in [6.45, 7) is 0. The van der Waals surface area contributed by atoms with Crippen molar-refractivity contribution >= 4 is 0 Å². The normalized spacial score (nSPS) is 34.5. The fourth-order valence-corrected chi connectivity index (χ4v) is 4.39. The van der Waals surface area contributed by atoms with E-state index in [1.807, 2.05) is 10.9 Å². The van der Waals surface area contributed by atoms with Gasteiger partial charge in [-0.1, -0.05) is 5.21 Å². The van der Waals surface area contributed by atoms with Crippen LogP contribution in [-0.2, 0) is 5.66 Å². The van der Waals surface area contributed by atoms with Crippen molar-refractivity contribution < 1.29 is 4.39 Å². The maximum atomic E-state index is 13.0. The standard InChI is InChI=1S/C15H15FN4/c16-11-3-1-10(2-4-11)14-9-19(18-17-14)15-7-12-5-6-13(8-15)20(12)15/h1-4,9,12-13H,5-8H2/t12-,13+,15?. The fraction of sp³-hybridized carbons (Fsp3) is 0.467. The molecule has 5 rings (SSSR count). The van der Waals surface area contributed by atoms with Crippen LogP contribution in [0.3, 0.4) is 0 Å². The van der Waals surface area contributed by atoms with Gasteiger partial charge in [0.05, 0.1) is 6.20 Å². The van der Waals surface area contributed by atoms with Crippen LogP contribution >= 0.6 is 0 Å². The second-order valence-corrected chi connectivity index (χ2v) is 6.24. The number of piperidine rings is 1. The van der Waals surface area contributed by atoms with Gasteiger partial charge in [-0.25, -0.2) is 9.07 Å². The van der Waals surface area contributed by atoms with Gasteiger partial charge in [-0.2, -0.15) is 0 Å². The summed E-state index contributed by atoms with van der Waals surface area (Å²) in [4.78, 5) is 2.61. The summed E-state index contributed by atoms with van der Waals surface area (Å²) in [7, 11) is 0. The molecule has 1 unspecified atom stereocenters. The van der Waals surface area contributed by atoms with Gasteiger partial charge in [0, 0.05) is 30.5 Å². The molecule has 5 heteroatoms. The Labute approximate surface area is 116 Å². The first-order valence-corrected chi connectivity index (χ1v) is 7.23. The van der Waals surface area contributed by atoms with E-state index in [1.54, 1.807) is 12.1 Å². The van der Waals surface area contributed by atoms with Crippen molar-refractivity contribution in [2.24, 2.45) is 0 Å². The van der Waals surface area contributed by atoms with Gasteiger partial charge in [-0.05, 0) is 37.1 Å². The highest BCUT2D eigenvalue weighted by Crippen LogP contribution is 2.60. The van der Waals surface area contributed by atoms with Crippen molar-refractivity contribution in [2.45, 2.75) is 43.4 Å². The largest absolute Gasteiger partial charge is 0.273 e. The first kappa shape index (κ1) is 11.0. The topological polar surface area (TPSA) is 34.0 Å². The van der Waals surface area contributed by atoms with Crippen molar-refractivity contribution in [3.8, 4) is 11.3 Å². The van der Waals surface area contributed by atoms with Crippen LogP contribution in [0.4, 0.5) is 4.39 Å². The molecule has 3 aliphatic heterocycles. The maximum Gasteiger partial charge on any atom is 0.123 e. The summed E-state index contributed by atoms with van der Waals surface area (Å²) >= 11 is 0.